The van der Waals surface area contributed by atoms with Crippen LogP contribution < -0.4 is 14.8 Å². The van der Waals surface area contributed by atoms with Crippen molar-refractivity contribution in [3.63, 3.8) is 0 Å². The van der Waals surface area contributed by atoms with Crippen LogP contribution in [0.5, 0.6) is 11.5 Å². The molecule has 196 valence electrons. The highest BCUT2D eigenvalue weighted by Crippen LogP contribution is 2.38. The lowest BCUT2D eigenvalue weighted by Crippen LogP contribution is -2.36. The number of anilines is 1. The van der Waals surface area contributed by atoms with Crippen LogP contribution >= 0.6 is 68.5 Å². The summed E-state index contributed by atoms with van der Waals surface area (Å²) in [5.41, 5.74) is 2.22. The largest absolute Gasteiger partial charge is 0.490 e. The smallest absolute Gasteiger partial charge is 0.294 e. The van der Waals surface area contributed by atoms with Gasteiger partial charge < -0.3 is 14.8 Å². The van der Waals surface area contributed by atoms with Crippen LogP contribution in [0.2, 0.25) is 5.02 Å². The highest BCUT2D eigenvalue weighted by molar-refractivity contribution is 14.1. The van der Waals surface area contributed by atoms with Gasteiger partial charge in [0.25, 0.3) is 11.1 Å². The number of hydrogen-bond donors (Lipinski definition) is 1. The third-order valence-corrected chi connectivity index (χ3v) is 7.91. The third-order valence-electron chi connectivity index (χ3n) is 5.23. The minimum absolute atomic E-state index is 0.227. The Balaban J connectivity index is 1.48. The molecule has 38 heavy (non-hydrogen) atoms. The Kier molecular flexibility index (Phi) is 9.96. The maximum absolute atomic E-state index is 13.0. The van der Waals surface area contributed by atoms with Crippen molar-refractivity contribution in [2.24, 2.45) is 0 Å². The summed E-state index contributed by atoms with van der Waals surface area (Å²) in [6.45, 7) is 2.25. The lowest BCUT2D eigenvalue weighted by molar-refractivity contribution is -0.127. The Morgan fingerprint density at radius 2 is 1.76 bits per heavy atom. The number of thioether (sulfide) groups is 1. The van der Waals surface area contributed by atoms with E-state index in [1.807, 2.05) is 37.3 Å². The van der Waals surface area contributed by atoms with Crippen LogP contribution in [0.1, 0.15) is 18.1 Å². The van der Waals surface area contributed by atoms with E-state index in [-0.39, 0.29) is 11.4 Å². The summed E-state index contributed by atoms with van der Waals surface area (Å²) in [4.78, 5) is 39.1. The van der Waals surface area contributed by atoms with E-state index in [1.165, 1.54) is 0 Å². The van der Waals surface area contributed by atoms with E-state index in [4.69, 9.17) is 21.1 Å². The normalized spacial score (nSPS) is 14.2. The highest BCUT2D eigenvalue weighted by Gasteiger charge is 2.36. The first-order valence-electron chi connectivity index (χ1n) is 11.4. The zero-order valence-electron chi connectivity index (χ0n) is 20.0. The molecule has 3 amide bonds. The van der Waals surface area contributed by atoms with E-state index in [2.05, 4.69) is 50.5 Å². The van der Waals surface area contributed by atoms with Gasteiger partial charge in [-0.2, -0.15) is 0 Å². The summed E-state index contributed by atoms with van der Waals surface area (Å²) >= 11 is 11.1. The molecule has 1 aliphatic rings. The molecule has 0 atom stereocenters. The molecule has 0 spiro atoms. The Morgan fingerprint density at radius 3 is 2.45 bits per heavy atom. The van der Waals surface area contributed by atoms with Crippen molar-refractivity contribution in [1.29, 1.82) is 0 Å². The maximum Gasteiger partial charge on any atom is 0.294 e. The summed E-state index contributed by atoms with van der Waals surface area (Å²) in [6.07, 6.45) is 1.62. The molecular weight excluding hydrogens is 754 g/mol. The minimum atomic E-state index is -0.520. The Morgan fingerprint density at radius 1 is 1.05 bits per heavy atom. The van der Waals surface area contributed by atoms with Crippen molar-refractivity contribution in [1.82, 2.24) is 4.90 Å². The molecule has 0 radical (unpaired) electrons. The van der Waals surface area contributed by atoms with Crippen molar-refractivity contribution < 1.29 is 23.9 Å². The first kappa shape index (κ1) is 28.7. The quantitative estimate of drug-likeness (QED) is 0.183. The Hall–Kier alpha value is -2.29. The maximum atomic E-state index is 13.0. The molecule has 3 aromatic carbocycles. The molecule has 1 heterocycles. The van der Waals surface area contributed by atoms with E-state index in [1.54, 1.807) is 36.4 Å². The molecule has 7 nitrogen and oxygen atoms in total. The van der Waals surface area contributed by atoms with E-state index < -0.39 is 17.1 Å². The Bertz CT molecular complexity index is 1400. The van der Waals surface area contributed by atoms with Gasteiger partial charge in [-0.15, -0.1) is 0 Å². The second kappa shape index (κ2) is 13.2. The number of nitrogens with one attached hydrogen (secondary N) is 1. The second-order valence-electron chi connectivity index (χ2n) is 8.00. The number of halogens is 3. The van der Waals surface area contributed by atoms with Gasteiger partial charge in [0.1, 0.15) is 13.2 Å². The molecule has 3 aromatic rings. The fourth-order valence-electron chi connectivity index (χ4n) is 3.48. The van der Waals surface area contributed by atoms with Gasteiger partial charge in [-0.3, -0.25) is 19.3 Å². The zero-order valence-corrected chi connectivity index (χ0v) is 25.9. The molecule has 0 saturated carbocycles. The molecule has 0 aliphatic carbocycles. The van der Waals surface area contributed by atoms with Crippen molar-refractivity contribution in [3.05, 3.63) is 88.9 Å². The topological polar surface area (TPSA) is 84.9 Å². The summed E-state index contributed by atoms with van der Waals surface area (Å²) in [5.74, 6) is 0.134. The first-order valence-corrected chi connectivity index (χ1v) is 14.7. The molecule has 0 aromatic heterocycles. The van der Waals surface area contributed by atoms with Gasteiger partial charge in [-0.25, -0.2) is 0 Å². The Labute approximate surface area is 256 Å². The van der Waals surface area contributed by atoms with E-state index >= 15 is 0 Å². The molecular formula is C27H21ClI2N2O5S. The number of amides is 3. The second-order valence-corrected chi connectivity index (χ2v) is 11.8. The van der Waals surface area contributed by atoms with Gasteiger partial charge >= 0.3 is 0 Å². The standard InChI is InChI=1S/C27H21ClI2N2O5S/c1-2-36-22-12-17(11-21(30)25(22)37-15-16-3-5-18(28)6-4-16)13-23-26(34)32(27(35)38-23)14-24(33)31-20-9-7-19(29)8-10-20/h3-13H,2,14-15H2,1H3,(H,31,33)/b23-13+. The molecule has 4 rings (SSSR count). The number of hydrogen-bond acceptors (Lipinski definition) is 6. The average molecular weight is 775 g/mol. The summed E-state index contributed by atoms with van der Waals surface area (Å²) in [7, 11) is 0. The lowest BCUT2D eigenvalue weighted by atomic mass is 10.1. The predicted molar refractivity (Wildman–Crippen MR) is 167 cm³/mol. The fraction of sp³-hybridized carbons (Fsp3) is 0.148. The number of imide groups is 1. The van der Waals surface area contributed by atoms with Crippen LogP contribution in [0, 0.1) is 7.14 Å². The molecule has 1 N–H and O–H groups in total. The molecule has 0 unspecified atom stereocenters. The van der Waals surface area contributed by atoms with Crippen LogP contribution in [0.15, 0.2) is 65.6 Å². The van der Waals surface area contributed by atoms with Crippen LogP contribution in [-0.2, 0) is 16.2 Å². The zero-order chi connectivity index (χ0) is 27.2. The van der Waals surface area contributed by atoms with Gasteiger partial charge in [0, 0.05) is 14.3 Å². The van der Waals surface area contributed by atoms with Gasteiger partial charge in [0.15, 0.2) is 11.5 Å². The number of ether oxygens (including phenoxy) is 2. The molecule has 1 aliphatic heterocycles. The number of rotatable bonds is 9. The van der Waals surface area contributed by atoms with E-state index in [0.29, 0.717) is 41.0 Å². The number of benzene rings is 3. The lowest BCUT2D eigenvalue weighted by Gasteiger charge is -2.15. The monoisotopic (exact) mass is 774 g/mol. The highest BCUT2D eigenvalue weighted by atomic mass is 127. The van der Waals surface area contributed by atoms with Crippen LogP contribution in [-0.4, -0.2) is 35.1 Å². The first-order chi connectivity index (χ1) is 18.2. The molecule has 1 saturated heterocycles. The van der Waals surface area contributed by atoms with E-state index in [0.717, 1.165) is 29.4 Å². The van der Waals surface area contributed by atoms with Crippen molar-refractivity contribution >= 4 is 97.4 Å². The van der Waals surface area contributed by atoms with Gasteiger partial charge in [-0.1, -0.05) is 23.7 Å². The number of nitrogens with zero attached hydrogens (tertiary/aromatic N) is 1. The number of carbonyl (C=O) groups excluding carboxylic acids is 3. The number of carbonyl (C=O) groups is 3. The molecule has 1 fully saturated rings. The van der Waals surface area contributed by atoms with Gasteiger partial charge in [0.2, 0.25) is 5.91 Å². The molecule has 0 bridgehead atoms. The van der Waals surface area contributed by atoms with Crippen molar-refractivity contribution in [2.75, 3.05) is 18.5 Å². The van der Waals surface area contributed by atoms with E-state index in [9.17, 15) is 14.4 Å². The summed E-state index contributed by atoms with van der Waals surface area (Å²) in [6, 6.07) is 18.2. The van der Waals surface area contributed by atoms with Gasteiger partial charge in [-0.05, 0) is 130 Å². The predicted octanol–water partition coefficient (Wildman–Crippen LogP) is 7.20. The van der Waals surface area contributed by atoms with Gasteiger partial charge in [0.05, 0.1) is 15.1 Å². The average Bonchev–Trinajstić information content (AvgIpc) is 3.13. The van der Waals surface area contributed by atoms with Crippen LogP contribution in [0.4, 0.5) is 10.5 Å². The fourth-order valence-corrected chi connectivity index (χ4v) is 5.58. The SMILES string of the molecule is CCOc1cc(/C=C2/SC(=O)N(CC(=O)Nc3ccc(I)cc3)C2=O)cc(I)c1OCc1ccc(Cl)cc1. The molecule has 11 heteroatoms. The van der Waals surface area contributed by atoms with Crippen molar-refractivity contribution in [3.8, 4) is 11.5 Å². The third kappa shape index (κ3) is 7.42. The minimum Gasteiger partial charge on any atom is -0.490 e. The van der Waals surface area contributed by atoms with Crippen molar-refractivity contribution in [2.45, 2.75) is 13.5 Å². The summed E-state index contributed by atoms with van der Waals surface area (Å²) in [5, 5.41) is 2.86. The van der Waals surface area contributed by atoms with Crippen LogP contribution in [0.25, 0.3) is 6.08 Å². The summed E-state index contributed by atoms with van der Waals surface area (Å²) < 4.78 is 13.7. The van der Waals surface area contributed by atoms with Crippen LogP contribution in [0.3, 0.4) is 0 Å².